The summed E-state index contributed by atoms with van der Waals surface area (Å²) >= 11 is 0. The van der Waals surface area contributed by atoms with E-state index < -0.39 is 15.3 Å². The number of amides is 1. The number of hydrogen-bond acceptors (Lipinski definition) is 3. The zero-order valence-corrected chi connectivity index (χ0v) is 14.1. The number of hydrogen-bond donors (Lipinski definition) is 2. The average molecular weight is 335 g/mol. The number of likely N-dealkylation sites (tertiary alicyclic amines) is 1. The number of sulfonamides is 1. The van der Waals surface area contributed by atoms with Crippen LogP contribution < -0.4 is 5.14 Å². The summed E-state index contributed by atoms with van der Waals surface area (Å²) in [6.45, 7) is 4.73. The minimum absolute atomic E-state index is 0.158. The molecule has 1 aromatic carbocycles. The number of rotatable bonds is 2. The Balaban J connectivity index is 1.90. The van der Waals surface area contributed by atoms with Gasteiger partial charge in [-0.2, -0.15) is 0 Å². The monoisotopic (exact) mass is 335 g/mol. The van der Waals surface area contributed by atoms with Crippen molar-refractivity contribution in [2.24, 2.45) is 5.14 Å². The fraction of sp³-hybridized carbons (Fsp3) is 0.438. The lowest BCUT2D eigenvalue weighted by molar-refractivity contribution is 0.0722. The van der Waals surface area contributed by atoms with Gasteiger partial charge in [0.25, 0.3) is 5.91 Å². The number of fused-ring (bicyclic) bond motifs is 1. The minimum Gasteiger partial charge on any atom is -0.351 e. The summed E-state index contributed by atoms with van der Waals surface area (Å²) in [6.07, 6.45) is 1.15. The number of benzene rings is 1. The van der Waals surface area contributed by atoms with Crippen molar-refractivity contribution < 1.29 is 13.2 Å². The van der Waals surface area contributed by atoms with E-state index in [9.17, 15) is 13.2 Å². The van der Waals surface area contributed by atoms with Crippen LogP contribution in [0.4, 0.5) is 0 Å². The van der Waals surface area contributed by atoms with E-state index in [-0.39, 0.29) is 12.5 Å². The van der Waals surface area contributed by atoms with Gasteiger partial charge in [0, 0.05) is 24.0 Å². The number of nitrogens with two attached hydrogens (primary N) is 1. The van der Waals surface area contributed by atoms with Crippen LogP contribution in [0.2, 0.25) is 0 Å². The molecular weight excluding hydrogens is 314 g/mol. The molecule has 124 valence electrons. The van der Waals surface area contributed by atoms with Crippen LogP contribution in [0.1, 0.15) is 34.5 Å². The summed E-state index contributed by atoms with van der Waals surface area (Å²) in [5, 5.41) is 5.58. The van der Waals surface area contributed by atoms with Crippen LogP contribution in [0.3, 0.4) is 0 Å². The van der Waals surface area contributed by atoms with Crippen LogP contribution in [0.15, 0.2) is 18.2 Å². The van der Waals surface area contributed by atoms with Crippen molar-refractivity contribution in [3.8, 4) is 0 Å². The lowest BCUT2D eigenvalue weighted by Gasteiger charge is -2.31. The van der Waals surface area contributed by atoms with E-state index in [1.807, 2.05) is 26.0 Å². The highest BCUT2D eigenvalue weighted by Crippen LogP contribution is 2.23. The molecular formula is C16H21N3O3S. The summed E-state index contributed by atoms with van der Waals surface area (Å²) in [6, 6.07) is 5.91. The van der Waals surface area contributed by atoms with Crippen molar-refractivity contribution in [1.29, 1.82) is 0 Å². The lowest BCUT2D eigenvalue weighted by Crippen LogP contribution is -2.47. The molecule has 0 saturated carbocycles. The number of carbonyl (C=O) groups is 1. The highest BCUT2D eigenvalue weighted by Gasteiger charge is 2.31. The fourth-order valence-corrected chi connectivity index (χ4v) is 4.16. The third kappa shape index (κ3) is 3.11. The van der Waals surface area contributed by atoms with E-state index in [0.717, 1.165) is 22.0 Å². The third-order valence-electron chi connectivity index (χ3n) is 4.45. The van der Waals surface area contributed by atoms with Gasteiger partial charge in [-0.05, 0) is 49.9 Å². The molecule has 0 radical (unpaired) electrons. The number of nitrogens with one attached hydrogen (secondary N) is 1. The topological polar surface area (TPSA) is 96.3 Å². The molecule has 23 heavy (non-hydrogen) atoms. The van der Waals surface area contributed by atoms with Crippen LogP contribution in [0.25, 0.3) is 10.9 Å². The van der Waals surface area contributed by atoms with Crippen molar-refractivity contribution in [2.75, 3.05) is 13.1 Å². The van der Waals surface area contributed by atoms with Crippen LogP contribution in [0, 0.1) is 13.8 Å². The normalized spacial score (nSPS) is 19.3. The van der Waals surface area contributed by atoms with Crippen LogP contribution in [-0.2, 0) is 10.0 Å². The van der Waals surface area contributed by atoms with Crippen molar-refractivity contribution >= 4 is 26.8 Å². The lowest BCUT2D eigenvalue weighted by atomic mass is 10.1. The Kier molecular flexibility index (Phi) is 3.93. The number of H-pyrrole nitrogens is 1. The van der Waals surface area contributed by atoms with E-state index in [1.165, 1.54) is 0 Å². The molecule has 3 N–H and O–H groups in total. The molecule has 3 rings (SSSR count). The summed E-state index contributed by atoms with van der Waals surface area (Å²) in [4.78, 5) is 17.4. The van der Waals surface area contributed by atoms with E-state index in [1.54, 1.807) is 4.90 Å². The van der Waals surface area contributed by atoms with E-state index in [0.29, 0.717) is 25.1 Å². The zero-order chi connectivity index (χ0) is 16.8. The first-order valence-electron chi connectivity index (χ1n) is 7.66. The van der Waals surface area contributed by atoms with Gasteiger partial charge in [-0.25, -0.2) is 13.6 Å². The van der Waals surface area contributed by atoms with E-state index >= 15 is 0 Å². The molecule has 6 nitrogen and oxygen atoms in total. The molecule has 1 saturated heterocycles. The van der Waals surface area contributed by atoms with Crippen molar-refractivity contribution in [3.63, 3.8) is 0 Å². The molecule has 7 heteroatoms. The number of nitrogens with zero attached hydrogens (tertiary/aromatic N) is 1. The number of aryl methyl sites for hydroxylation is 2. The molecule has 1 atom stereocenters. The molecule has 2 aromatic rings. The average Bonchev–Trinajstić information content (AvgIpc) is 2.90. The number of aromatic amines is 1. The van der Waals surface area contributed by atoms with E-state index in [4.69, 9.17) is 5.14 Å². The number of aromatic nitrogens is 1. The summed E-state index contributed by atoms with van der Waals surface area (Å²) in [5.41, 5.74) is 3.65. The maximum Gasteiger partial charge on any atom is 0.270 e. The summed E-state index contributed by atoms with van der Waals surface area (Å²) in [7, 11) is -3.62. The molecule has 1 aliphatic heterocycles. The SMILES string of the molecule is Cc1cc(C)c2cc(C(=O)N3CCCC(S(N)(=O)=O)C3)[nH]c2c1. The van der Waals surface area contributed by atoms with Gasteiger partial charge in [-0.1, -0.05) is 6.07 Å². The Morgan fingerprint density at radius 3 is 2.74 bits per heavy atom. The quantitative estimate of drug-likeness (QED) is 0.874. The predicted octanol–water partition coefficient (Wildman–Crippen LogP) is 1.68. The number of primary sulfonamides is 1. The Morgan fingerprint density at radius 2 is 2.04 bits per heavy atom. The number of carbonyl (C=O) groups excluding carboxylic acids is 1. The van der Waals surface area contributed by atoms with Crippen molar-refractivity contribution in [1.82, 2.24) is 9.88 Å². The van der Waals surface area contributed by atoms with Gasteiger partial charge in [0.05, 0.1) is 5.25 Å². The molecule has 0 aliphatic carbocycles. The highest BCUT2D eigenvalue weighted by atomic mass is 32.2. The third-order valence-corrected chi connectivity index (χ3v) is 5.76. The molecule has 0 bridgehead atoms. The van der Waals surface area contributed by atoms with Gasteiger partial charge in [-0.15, -0.1) is 0 Å². The Bertz CT molecular complexity index is 870. The Labute approximate surface area is 135 Å². The maximum absolute atomic E-state index is 12.7. The summed E-state index contributed by atoms with van der Waals surface area (Å²) < 4.78 is 23.1. The highest BCUT2D eigenvalue weighted by molar-refractivity contribution is 7.89. The molecule has 1 amide bonds. The molecule has 1 aliphatic rings. The number of piperidine rings is 1. The van der Waals surface area contributed by atoms with Crippen molar-refractivity contribution in [2.45, 2.75) is 31.9 Å². The van der Waals surface area contributed by atoms with Gasteiger partial charge in [0.2, 0.25) is 10.0 Å². The van der Waals surface area contributed by atoms with Crippen LogP contribution in [-0.4, -0.2) is 42.5 Å². The maximum atomic E-state index is 12.7. The second-order valence-corrected chi connectivity index (χ2v) is 8.18. The molecule has 1 unspecified atom stereocenters. The zero-order valence-electron chi connectivity index (χ0n) is 13.3. The van der Waals surface area contributed by atoms with Gasteiger partial charge < -0.3 is 9.88 Å². The largest absolute Gasteiger partial charge is 0.351 e. The predicted molar refractivity (Wildman–Crippen MR) is 89.8 cm³/mol. The van der Waals surface area contributed by atoms with Crippen LogP contribution >= 0.6 is 0 Å². The molecule has 1 aromatic heterocycles. The Morgan fingerprint density at radius 1 is 1.30 bits per heavy atom. The second-order valence-electron chi connectivity index (χ2n) is 6.33. The Hall–Kier alpha value is -1.86. The van der Waals surface area contributed by atoms with Crippen molar-refractivity contribution in [3.05, 3.63) is 35.0 Å². The van der Waals surface area contributed by atoms with Gasteiger partial charge in [0.1, 0.15) is 5.69 Å². The molecule has 0 spiro atoms. The molecule has 2 heterocycles. The first-order chi connectivity index (χ1) is 10.8. The first kappa shape index (κ1) is 16.0. The second kappa shape index (κ2) is 5.65. The fourth-order valence-electron chi connectivity index (χ4n) is 3.28. The standard InChI is InChI=1S/C16H21N3O3S/c1-10-6-11(2)13-8-15(18-14(13)7-10)16(20)19-5-3-4-12(9-19)23(17,21)22/h6-8,12,18H,3-5,9H2,1-2H3,(H2,17,21,22). The minimum atomic E-state index is -3.62. The smallest absolute Gasteiger partial charge is 0.270 e. The van der Waals surface area contributed by atoms with E-state index in [2.05, 4.69) is 11.1 Å². The first-order valence-corrected chi connectivity index (χ1v) is 9.27. The molecule has 1 fully saturated rings. The summed E-state index contributed by atoms with van der Waals surface area (Å²) in [5.74, 6) is -0.174. The van der Waals surface area contributed by atoms with Crippen LogP contribution in [0.5, 0.6) is 0 Å². The van der Waals surface area contributed by atoms with Gasteiger partial charge in [-0.3, -0.25) is 4.79 Å². The van der Waals surface area contributed by atoms with Gasteiger partial charge in [0.15, 0.2) is 0 Å². The van der Waals surface area contributed by atoms with Gasteiger partial charge >= 0.3 is 0 Å².